The first-order valence-electron chi connectivity index (χ1n) is 11.2. The molecule has 0 spiro atoms. The summed E-state index contributed by atoms with van der Waals surface area (Å²) in [4.78, 5) is 9.03. The molecule has 3 nitrogen and oxygen atoms in total. The van der Waals surface area contributed by atoms with Gasteiger partial charge in [-0.05, 0) is 86.6 Å². The Morgan fingerprint density at radius 2 is 1.42 bits per heavy atom. The van der Waals surface area contributed by atoms with Gasteiger partial charge in [-0.3, -0.25) is 0 Å². The Balaban J connectivity index is 1.61. The molecule has 3 aromatic rings. The molecule has 0 fully saturated rings. The van der Waals surface area contributed by atoms with Gasteiger partial charge < -0.3 is 9.80 Å². The van der Waals surface area contributed by atoms with Crippen LogP contribution in [0.3, 0.4) is 0 Å². The van der Waals surface area contributed by atoms with E-state index >= 15 is 0 Å². The smallest absolute Gasteiger partial charge is 0.132 e. The summed E-state index contributed by atoms with van der Waals surface area (Å²) < 4.78 is 0. The van der Waals surface area contributed by atoms with E-state index in [1.165, 1.54) is 34.5 Å². The fourth-order valence-electron chi connectivity index (χ4n) is 3.73. The monoisotopic (exact) mass is 413 g/mol. The molecular formula is C28H35N3. The number of allylic oxidation sites excluding steroid dienone is 1. The SMILES string of the molecule is C=C(C)CCCc1ccc(CCCN(c2ccc(N(C)C)cc2)c2ccccn2)cc1. The van der Waals surface area contributed by atoms with Crippen molar-refractivity contribution in [1.82, 2.24) is 4.98 Å². The predicted molar refractivity (Wildman–Crippen MR) is 135 cm³/mol. The largest absolute Gasteiger partial charge is 0.378 e. The highest BCUT2D eigenvalue weighted by Gasteiger charge is 2.11. The molecule has 0 atom stereocenters. The lowest BCUT2D eigenvalue weighted by atomic mass is 10.0. The summed E-state index contributed by atoms with van der Waals surface area (Å²) in [6.07, 6.45) is 7.42. The van der Waals surface area contributed by atoms with Crippen LogP contribution in [0.2, 0.25) is 0 Å². The Labute approximate surface area is 188 Å². The topological polar surface area (TPSA) is 19.4 Å². The number of anilines is 3. The van der Waals surface area contributed by atoms with E-state index in [4.69, 9.17) is 0 Å². The molecule has 0 aliphatic carbocycles. The summed E-state index contributed by atoms with van der Waals surface area (Å²) in [7, 11) is 4.13. The van der Waals surface area contributed by atoms with E-state index in [1.54, 1.807) is 0 Å². The Bertz CT molecular complexity index is 928. The number of benzene rings is 2. The highest BCUT2D eigenvalue weighted by molar-refractivity contribution is 5.63. The zero-order valence-corrected chi connectivity index (χ0v) is 19.2. The number of nitrogens with zero attached hydrogens (tertiary/aromatic N) is 3. The van der Waals surface area contributed by atoms with E-state index in [2.05, 4.69) is 103 Å². The van der Waals surface area contributed by atoms with E-state index in [0.29, 0.717) is 0 Å². The molecule has 162 valence electrons. The number of aromatic nitrogens is 1. The van der Waals surface area contributed by atoms with Gasteiger partial charge in [0.1, 0.15) is 5.82 Å². The van der Waals surface area contributed by atoms with E-state index in [9.17, 15) is 0 Å². The van der Waals surface area contributed by atoms with E-state index in [1.807, 2.05) is 12.3 Å². The van der Waals surface area contributed by atoms with Gasteiger partial charge in [0.25, 0.3) is 0 Å². The lowest BCUT2D eigenvalue weighted by Crippen LogP contribution is -2.20. The Kier molecular flexibility index (Phi) is 8.28. The summed E-state index contributed by atoms with van der Waals surface area (Å²) in [6, 6.07) is 23.9. The van der Waals surface area contributed by atoms with E-state index < -0.39 is 0 Å². The molecule has 2 aromatic carbocycles. The maximum atomic E-state index is 4.60. The number of rotatable bonds is 11. The van der Waals surface area contributed by atoms with Crippen molar-refractivity contribution in [3.63, 3.8) is 0 Å². The molecule has 0 amide bonds. The average molecular weight is 414 g/mol. The van der Waals surface area contributed by atoms with E-state index in [0.717, 1.165) is 38.0 Å². The quantitative estimate of drug-likeness (QED) is 0.322. The third-order valence-corrected chi connectivity index (χ3v) is 5.54. The molecule has 1 heterocycles. The average Bonchev–Trinajstić information content (AvgIpc) is 2.78. The predicted octanol–water partition coefficient (Wildman–Crippen LogP) is 6.82. The fourth-order valence-corrected chi connectivity index (χ4v) is 3.73. The third-order valence-electron chi connectivity index (χ3n) is 5.54. The molecule has 0 radical (unpaired) electrons. The van der Waals surface area contributed by atoms with Crippen molar-refractivity contribution in [3.05, 3.63) is 96.2 Å². The van der Waals surface area contributed by atoms with E-state index in [-0.39, 0.29) is 0 Å². The highest BCUT2D eigenvalue weighted by Crippen LogP contribution is 2.26. The molecule has 0 saturated heterocycles. The Morgan fingerprint density at radius 1 is 0.806 bits per heavy atom. The zero-order valence-electron chi connectivity index (χ0n) is 19.2. The lowest BCUT2D eigenvalue weighted by molar-refractivity contribution is 0.795. The molecule has 0 aliphatic heterocycles. The van der Waals surface area contributed by atoms with Crippen LogP contribution in [0.4, 0.5) is 17.2 Å². The molecule has 31 heavy (non-hydrogen) atoms. The number of aryl methyl sites for hydroxylation is 2. The van der Waals surface area contributed by atoms with Crippen LogP contribution in [-0.4, -0.2) is 25.6 Å². The highest BCUT2D eigenvalue weighted by atomic mass is 15.2. The maximum Gasteiger partial charge on any atom is 0.132 e. The molecule has 3 heteroatoms. The lowest BCUT2D eigenvalue weighted by Gasteiger charge is -2.25. The van der Waals surface area contributed by atoms with Crippen LogP contribution in [-0.2, 0) is 12.8 Å². The van der Waals surface area contributed by atoms with Crippen molar-refractivity contribution in [1.29, 1.82) is 0 Å². The van der Waals surface area contributed by atoms with Gasteiger partial charge in [0.2, 0.25) is 0 Å². The summed E-state index contributed by atoms with van der Waals surface area (Å²) >= 11 is 0. The van der Waals surface area contributed by atoms with Crippen LogP contribution < -0.4 is 9.80 Å². The molecule has 1 aromatic heterocycles. The maximum absolute atomic E-state index is 4.60. The molecule has 0 aliphatic rings. The second kappa shape index (κ2) is 11.4. The number of hydrogen-bond donors (Lipinski definition) is 0. The molecule has 0 saturated carbocycles. The number of hydrogen-bond acceptors (Lipinski definition) is 3. The van der Waals surface area contributed by atoms with Gasteiger partial charge in [0, 0.05) is 38.2 Å². The van der Waals surface area contributed by atoms with Crippen molar-refractivity contribution in [2.24, 2.45) is 0 Å². The molecule has 0 bridgehead atoms. The van der Waals surface area contributed by atoms with Crippen molar-refractivity contribution in [2.45, 2.75) is 39.0 Å². The Hall–Kier alpha value is -3.07. The van der Waals surface area contributed by atoms with Gasteiger partial charge in [0.05, 0.1) is 0 Å². The minimum Gasteiger partial charge on any atom is -0.378 e. The molecular weight excluding hydrogens is 378 g/mol. The van der Waals surface area contributed by atoms with Gasteiger partial charge in [-0.1, -0.05) is 35.9 Å². The number of pyridine rings is 1. The third kappa shape index (κ3) is 6.99. The van der Waals surface area contributed by atoms with Crippen LogP contribution in [0.5, 0.6) is 0 Å². The van der Waals surface area contributed by atoms with Crippen LogP contribution in [0, 0.1) is 0 Å². The first-order chi connectivity index (χ1) is 15.0. The van der Waals surface area contributed by atoms with Crippen molar-refractivity contribution in [2.75, 3.05) is 30.4 Å². The van der Waals surface area contributed by atoms with Crippen molar-refractivity contribution in [3.8, 4) is 0 Å². The summed E-state index contributed by atoms with van der Waals surface area (Å²) in [6.45, 7) is 7.03. The first-order valence-corrected chi connectivity index (χ1v) is 11.2. The van der Waals surface area contributed by atoms with Crippen LogP contribution in [0.15, 0.2) is 85.1 Å². The summed E-state index contributed by atoms with van der Waals surface area (Å²) in [5.74, 6) is 0.993. The Morgan fingerprint density at radius 3 is 1.97 bits per heavy atom. The van der Waals surface area contributed by atoms with Crippen LogP contribution in [0.25, 0.3) is 0 Å². The van der Waals surface area contributed by atoms with Gasteiger partial charge in [-0.15, -0.1) is 6.58 Å². The molecule has 0 unspecified atom stereocenters. The molecule has 0 N–H and O–H groups in total. The van der Waals surface area contributed by atoms with Crippen LogP contribution in [0.1, 0.15) is 37.3 Å². The zero-order chi connectivity index (χ0) is 22.1. The van der Waals surface area contributed by atoms with Gasteiger partial charge >= 0.3 is 0 Å². The molecule has 3 rings (SSSR count). The fraction of sp³-hybridized carbons (Fsp3) is 0.321. The minimum absolute atomic E-state index is 0.929. The van der Waals surface area contributed by atoms with Crippen LogP contribution >= 0.6 is 0 Å². The first kappa shape index (κ1) is 22.6. The summed E-state index contributed by atoms with van der Waals surface area (Å²) in [5.41, 5.74) is 6.46. The van der Waals surface area contributed by atoms with Gasteiger partial charge in [0.15, 0.2) is 0 Å². The minimum atomic E-state index is 0.929. The van der Waals surface area contributed by atoms with Crippen molar-refractivity contribution >= 4 is 17.2 Å². The second-order valence-corrected chi connectivity index (χ2v) is 8.48. The van der Waals surface area contributed by atoms with Gasteiger partial charge in [-0.25, -0.2) is 4.98 Å². The summed E-state index contributed by atoms with van der Waals surface area (Å²) in [5, 5.41) is 0. The normalized spacial score (nSPS) is 10.7. The second-order valence-electron chi connectivity index (χ2n) is 8.48. The van der Waals surface area contributed by atoms with Crippen molar-refractivity contribution < 1.29 is 0 Å². The van der Waals surface area contributed by atoms with Gasteiger partial charge in [-0.2, -0.15) is 0 Å². The standard InChI is InChI=1S/C28H35N3/c1-23(2)9-7-10-24-13-15-25(16-14-24)11-8-22-31(28-12-5-6-21-29-28)27-19-17-26(18-20-27)30(3)4/h5-6,12-21H,1,7-11,22H2,2-4H3.